The second kappa shape index (κ2) is 5.93. The fourth-order valence-corrected chi connectivity index (χ4v) is 2.09. The van der Waals surface area contributed by atoms with Crippen molar-refractivity contribution >= 4 is 0 Å². The lowest BCUT2D eigenvalue weighted by Crippen LogP contribution is -2.27. The first-order valence-corrected chi connectivity index (χ1v) is 6.29. The summed E-state index contributed by atoms with van der Waals surface area (Å²) in [6.45, 7) is 2.87. The van der Waals surface area contributed by atoms with Crippen LogP contribution in [-0.2, 0) is 19.4 Å². The number of aryl methyl sites for hydroxylation is 1. The van der Waals surface area contributed by atoms with E-state index in [1.165, 1.54) is 6.07 Å². The lowest BCUT2D eigenvalue weighted by Gasteiger charge is -2.12. The highest BCUT2D eigenvalue weighted by Gasteiger charge is 2.11. The molecule has 102 valence electrons. The Kier molecular flexibility index (Phi) is 4.27. The van der Waals surface area contributed by atoms with Gasteiger partial charge in [-0.25, -0.2) is 13.8 Å². The number of nitrogens with two attached hydrogens (primary N) is 1. The maximum absolute atomic E-state index is 13.1. The normalized spacial score (nSPS) is 12.6. The van der Waals surface area contributed by atoms with E-state index in [0.717, 1.165) is 18.4 Å². The molecule has 1 aromatic carbocycles. The summed E-state index contributed by atoms with van der Waals surface area (Å²) < 4.78 is 27.9. The van der Waals surface area contributed by atoms with Gasteiger partial charge >= 0.3 is 0 Å². The standard InChI is InChI=1S/C14H17F2N3/c1-2-19-6-5-18-14(19)9-11(17)7-10-3-4-12(15)13(16)8-10/h3-6,8,11H,2,7,9,17H2,1H3. The van der Waals surface area contributed by atoms with E-state index in [0.29, 0.717) is 18.4 Å². The number of imidazole rings is 1. The molecule has 19 heavy (non-hydrogen) atoms. The van der Waals surface area contributed by atoms with Gasteiger partial charge < -0.3 is 10.3 Å². The van der Waals surface area contributed by atoms with E-state index in [-0.39, 0.29) is 6.04 Å². The molecule has 0 spiro atoms. The first-order valence-electron chi connectivity index (χ1n) is 6.29. The van der Waals surface area contributed by atoms with E-state index in [1.807, 2.05) is 17.7 Å². The van der Waals surface area contributed by atoms with Crippen molar-refractivity contribution in [3.63, 3.8) is 0 Å². The van der Waals surface area contributed by atoms with Crippen LogP contribution in [0, 0.1) is 11.6 Å². The average molecular weight is 265 g/mol. The molecule has 1 unspecified atom stereocenters. The van der Waals surface area contributed by atoms with E-state index in [1.54, 1.807) is 12.3 Å². The Morgan fingerprint density at radius 1 is 1.26 bits per heavy atom. The van der Waals surface area contributed by atoms with Crippen molar-refractivity contribution in [2.75, 3.05) is 0 Å². The van der Waals surface area contributed by atoms with Crippen molar-refractivity contribution < 1.29 is 8.78 Å². The molecule has 2 aromatic rings. The molecular weight excluding hydrogens is 248 g/mol. The van der Waals surface area contributed by atoms with Gasteiger partial charge in [-0.05, 0) is 31.0 Å². The molecule has 0 saturated heterocycles. The van der Waals surface area contributed by atoms with Crippen LogP contribution in [-0.4, -0.2) is 15.6 Å². The lowest BCUT2D eigenvalue weighted by atomic mass is 10.0. The number of hydrogen-bond donors (Lipinski definition) is 1. The van der Waals surface area contributed by atoms with Crippen LogP contribution in [0.5, 0.6) is 0 Å². The summed E-state index contributed by atoms with van der Waals surface area (Å²) in [6, 6.07) is 3.72. The molecule has 1 atom stereocenters. The van der Waals surface area contributed by atoms with Gasteiger partial charge in [0.1, 0.15) is 5.82 Å². The van der Waals surface area contributed by atoms with E-state index in [9.17, 15) is 8.78 Å². The smallest absolute Gasteiger partial charge is 0.159 e. The lowest BCUT2D eigenvalue weighted by molar-refractivity contribution is 0.505. The third-order valence-electron chi connectivity index (χ3n) is 3.07. The number of nitrogens with zero attached hydrogens (tertiary/aromatic N) is 2. The van der Waals surface area contributed by atoms with Crippen molar-refractivity contribution in [1.29, 1.82) is 0 Å². The molecule has 2 N–H and O–H groups in total. The van der Waals surface area contributed by atoms with Gasteiger partial charge in [0.2, 0.25) is 0 Å². The molecule has 2 rings (SSSR count). The zero-order chi connectivity index (χ0) is 13.8. The number of benzene rings is 1. The molecule has 1 aromatic heterocycles. The molecule has 0 saturated carbocycles. The molecule has 0 bridgehead atoms. The highest BCUT2D eigenvalue weighted by molar-refractivity contribution is 5.19. The minimum Gasteiger partial charge on any atom is -0.335 e. The van der Waals surface area contributed by atoms with Crippen LogP contribution >= 0.6 is 0 Å². The van der Waals surface area contributed by atoms with Crippen LogP contribution in [0.25, 0.3) is 0 Å². The molecular formula is C14H17F2N3. The summed E-state index contributed by atoms with van der Waals surface area (Å²) in [5.41, 5.74) is 6.73. The van der Waals surface area contributed by atoms with Crippen molar-refractivity contribution in [2.45, 2.75) is 32.4 Å². The molecule has 0 radical (unpaired) electrons. The Bertz CT molecular complexity index is 551. The SMILES string of the molecule is CCn1ccnc1CC(N)Cc1ccc(F)c(F)c1. The molecule has 0 aliphatic rings. The van der Waals surface area contributed by atoms with Gasteiger partial charge in [-0.2, -0.15) is 0 Å². The number of halogens is 2. The summed E-state index contributed by atoms with van der Waals surface area (Å²) in [5.74, 6) is -0.754. The topological polar surface area (TPSA) is 43.8 Å². The first-order chi connectivity index (χ1) is 9.10. The molecule has 0 aliphatic heterocycles. The Hall–Kier alpha value is -1.75. The Balaban J connectivity index is 2.01. The average Bonchev–Trinajstić information content (AvgIpc) is 2.81. The third kappa shape index (κ3) is 3.38. The molecule has 5 heteroatoms. The maximum atomic E-state index is 13.1. The van der Waals surface area contributed by atoms with Crippen LogP contribution in [0.15, 0.2) is 30.6 Å². The summed E-state index contributed by atoms with van der Waals surface area (Å²) in [5, 5.41) is 0. The van der Waals surface area contributed by atoms with Crippen molar-refractivity contribution in [1.82, 2.24) is 9.55 Å². The van der Waals surface area contributed by atoms with Gasteiger partial charge in [-0.15, -0.1) is 0 Å². The fraction of sp³-hybridized carbons (Fsp3) is 0.357. The van der Waals surface area contributed by atoms with E-state index in [4.69, 9.17) is 5.73 Å². The van der Waals surface area contributed by atoms with E-state index >= 15 is 0 Å². The van der Waals surface area contributed by atoms with Crippen LogP contribution in [0.3, 0.4) is 0 Å². The minimum atomic E-state index is -0.834. The maximum Gasteiger partial charge on any atom is 0.159 e. The number of hydrogen-bond acceptors (Lipinski definition) is 2. The summed E-state index contributed by atoms with van der Waals surface area (Å²) >= 11 is 0. The third-order valence-corrected chi connectivity index (χ3v) is 3.07. The van der Waals surface area contributed by atoms with Gasteiger partial charge in [0.05, 0.1) is 0 Å². The Labute approximate surface area is 111 Å². The van der Waals surface area contributed by atoms with Crippen LogP contribution in [0.4, 0.5) is 8.78 Å². The molecule has 0 fully saturated rings. The van der Waals surface area contributed by atoms with E-state index in [2.05, 4.69) is 4.98 Å². The monoisotopic (exact) mass is 265 g/mol. The number of aromatic nitrogens is 2. The van der Waals surface area contributed by atoms with Crippen LogP contribution in [0.1, 0.15) is 18.3 Å². The summed E-state index contributed by atoms with van der Waals surface area (Å²) in [6.07, 6.45) is 4.75. The quantitative estimate of drug-likeness (QED) is 0.901. The molecule has 0 aliphatic carbocycles. The van der Waals surface area contributed by atoms with Crippen molar-refractivity contribution in [3.05, 3.63) is 53.6 Å². The predicted molar refractivity (Wildman–Crippen MR) is 69.6 cm³/mol. The summed E-state index contributed by atoms with van der Waals surface area (Å²) in [4.78, 5) is 4.25. The Morgan fingerprint density at radius 3 is 2.74 bits per heavy atom. The van der Waals surface area contributed by atoms with Gasteiger partial charge in [0, 0.05) is 31.4 Å². The largest absolute Gasteiger partial charge is 0.335 e. The van der Waals surface area contributed by atoms with Gasteiger partial charge in [-0.3, -0.25) is 0 Å². The zero-order valence-electron chi connectivity index (χ0n) is 10.8. The first kappa shape index (κ1) is 13.7. The highest BCUT2D eigenvalue weighted by atomic mass is 19.2. The fourth-order valence-electron chi connectivity index (χ4n) is 2.09. The summed E-state index contributed by atoms with van der Waals surface area (Å²) in [7, 11) is 0. The minimum absolute atomic E-state index is 0.169. The van der Waals surface area contributed by atoms with Crippen molar-refractivity contribution in [3.8, 4) is 0 Å². The second-order valence-electron chi connectivity index (χ2n) is 4.55. The Morgan fingerprint density at radius 2 is 2.05 bits per heavy atom. The highest BCUT2D eigenvalue weighted by Crippen LogP contribution is 2.11. The molecule has 1 heterocycles. The van der Waals surface area contributed by atoms with Gasteiger partial charge in [-0.1, -0.05) is 6.07 Å². The van der Waals surface area contributed by atoms with Crippen LogP contribution < -0.4 is 5.73 Å². The van der Waals surface area contributed by atoms with Crippen LogP contribution in [0.2, 0.25) is 0 Å². The number of rotatable bonds is 5. The van der Waals surface area contributed by atoms with Crippen molar-refractivity contribution in [2.24, 2.45) is 5.73 Å². The molecule has 3 nitrogen and oxygen atoms in total. The zero-order valence-corrected chi connectivity index (χ0v) is 10.8. The predicted octanol–water partition coefficient (Wildman–Crippen LogP) is 2.29. The molecule has 0 amide bonds. The van der Waals surface area contributed by atoms with Gasteiger partial charge in [0.25, 0.3) is 0 Å². The second-order valence-corrected chi connectivity index (χ2v) is 4.55. The van der Waals surface area contributed by atoms with Gasteiger partial charge in [0.15, 0.2) is 11.6 Å². The van der Waals surface area contributed by atoms with E-state index < -0.39 is 11.6 Å².